The summed E-state index contributed by atoms with van der Waals surface area (Å²) in [6, 6.07) is 5.08. The van der Waals surface area contributed by atoms with Gasteiger partial charge in [-0.1, -0.05) is 20.8 Å². The van der Waals surface area contributed by atoms with Crippen LogP contribution < -0.4 is 5.73 Å². The van der Waals surface area contributed by atoms with E-state index in [1.54, 1.807) is 0 Å². The molecule has 1 aromatic rings. The van der Waals surface area contributed by atoms with Gasteiger partial charge in [0.1, 0.15) is 11.5 Å². The number of aryl methyl sites for hydroxylation is 1. The fourth-order valence-corrected chi connectivity index (χ4v) is 3.10. The van der Waals surface area contributed by atoms with Crippen molar-refractivity contribution in [3.8, 4) is 0 Å². The van der Waals surface area contributed by atoms with Gasteiger partial charge in [0.05, 0.1) is 6.04 Å². The van der Waals surface area contributed by atoms with Crippen molar-refractivity contribution in [2.75, 3.05) is 13.1 Å². The van der Waals surface area contributed by atoms with Crippen molar-refractivity contribution in [2.45, 2.75) is 52.1 Å². The SMILES string of the molecule is CCc1ccc(C(CN)N2CCCC2C(C)C)o1. The molecule has 3 heteroatoms. The van der Waals surface area contributed by atoms with E-state index < -0.39 is 0 Å². The van der Waals surface area contributed by atoms with E-state index >= 15 is 0 Å². The first-order valence-corrected chi connectivity index (χ1v) is 7.21. The molecule has 0 saturated carbocycles. The van der Waals surface area contributed by atoms with Gasteiger partial charge >= 0.3 is 0 Å². The fraction of sp³-hybridized carbons (Fsp3) is 0.733. The second kappa shape index (κ2) is 5.89. The minimum Gasteiger partial charge on any atom is -0.464 e. The van der Waals surface area contributed by atoms with Gasteiger partial charge in [0, 0.05) is 19.0 Å². The largest absolute Gasteiger partial charge is 0.464 e. The van der Waals surface area contributed by atoms with Crippen LogP contribution in [0.15, 0.2) is 16.5 Å². The summed E-state index contributed by atoms with van der Waals surface area (Å²) in [5, 5.41) is 0. The highest BCUT2D eigenvalue weighted by Gasteiger charge is 2.33. The Morgan fingerprint density at radius 3 is 2.78 bits per heavy atom. The number of hydrogen-bond donors (Lipinski definition) is 1. The average molecular weight is 250 g/mol. The van der Waals surface area contributed by atoms with E-state index in [2.05, 4.69) is 37.8 Å². The van der Waals surface area contributed by atoms with Crippen molar-refractivity contribution in [2.24, 2.45) is 11.7 Å². The lowest BCUT2D eigenvalue weighted by atomic mass is 10.0. The number of hydrogen-bond acceptors (Lipinski definition) is 3. The maximum Gasteiger partial charge on any atom is 0.122 e. The number of likely N-dealkylation sites (tertiary alicyclic amines) is 1. The zero-order valence-corrected chi connectivity index (χ0v) is 11.9. The van der Waals surface area contributed by atoms with E-state index in [9.17, 15) is 0 Å². The van der Waals surface area contributed by atoms with Crippen molar-refractivity contribution < 1.29 is 4.42 Å². The first-order valence-electron chi connectivity index (χ1n) is 7.21. The van der Waals surface area contributed by atoms with Gasteiger partial charge < -0.3 is 10.2 Å². The molecule has 1 fully saturated rings. The summed E-state index contributed by atoms with van der Waals surface area (Å²) in [5.74, 6) is 2.79. The molecule has 0 aromatic carbocycles. The Kier molecular flexibility index (Phi) is 4.46. The van der Waals surface area contributed by atoms with Crippen LogP contribution in [0.4, 0.5) is 0 Å². The molecular formula is C15H26N2O. The monoisotopic (exact) mass is 250 g/mol. The van der Waals surface area contributed by atoms with Crippen LogP contribution in [0.2, 0.25) is 0 Å². The summed E-state index contributed by atoms with van der Waals surface area (Å²) in [6.07, 6.45) is 3.51. The number of rotatable bonds is 5. The summed E-state index contributed by atoms with van der Waals surface area (Å²) in [6.45, 7) is 8.51. The molecule has 0 spiro atoms. The molecule has 0 radical (unpaired) electrons. The molecular weight excluding hydrogens is 224 g/mol. The minimum atomic E-state index is 0.250. The van der Waals surface area contributed by atoms with Crippen LogP contribution in [0.3, 0.4) is 0 Å². The maximum atomic E-state index is 6.00. The standard InChI is InChI=1S/C15H26N2O/c1-4-12-7-8-15(18-12)14(10-16)17-9-5-6-13(17)11(2)3/h7-8,11,13-14H,4-6,9-10,16H2,1-3H3. The van der Waals surface area contributed by atoms with Crippen LogP contribution in [0.1, 0.15) is 51.2 Å². The van der Waals surface area contributed by atoms with E-state index in [4.69, 9.17) is 10.2 Å². The Hall–Kier alpha value is -0.800. The Labute approximate surface area is 110 Å². The summed E-state index contributed by atoms with van der Waals surface area (Å²) >= 11 is 0. The van der Waals surface area contributed by atoms with Crippen LogP contribution in [0.25, 0.3) is 0 Å². The Morgan fingerprint density at radius 1 is 1.44 bits per heavy atom. The molecule has 1 aliphatic rings. The van der Waals surface area contributed by atoms with E-state index in [1.807, 2.05) is 0 Å². The van der Waals surface area contributed by atoms with Crippen LogP contribution in [0.5, 0.6) is 0 Å². The molecule has 0 amide bonds. The number of nitrogens with two attached hydrogens (primary N) is 1. The molecule has 2 atom stereocenters. The van der Waals surface area contributed by atoms with Crippen molar-refractivity contribution in [1.29, 1.82) is 0 Å². The van der Waals surface area contributed by atoms with Crippen LogP contribution >= 0.6 is 0 Å². The van der Waals surface area contributed by atoms with Crippen molar-refractivity contribution in [1.82, 2.24) is 4.90 Å². The van der Waals surface area contributed by atoms with E-state index in [-0.39, 0.29) is 6.04 Å². The molecule has 102 valence electrons. The molecule has 1 aliphatic heterocycles. The molecule has 1 aromatic heterocycles. The molecule has 3 nitrogen and oxygen atoms in total. The predicted octanol–water partition coefficient (Wildman–Crippen LogP) is 2.96. The lowest BCUT2D eigenvalue weighted by Crippen LogP contribution is -2.39. The van der Waals surface area contributed by atoms with Gasteiger partial charge in [0.2, 0.25) is 0 Å². The van der Waals surface area contributed by atoms with E-state index in [0.29, 0.717) is 18.5 Å². The van der Waals surface area contributed by atoms with Gasteiger partial charge in [-0.2, -0.15) is 0 Å². The normalized spacial score (nSPS) is 22.8. The zero-order chi connectivity index (χ0) is 13.1. The third-order valence-corrected chi connectivity index (χ3v) is 4.09. The quantitative estimate of drug-likeness (QED) is 0.873. The molecule has 2 unspecified atom stereocenters. The third-order valence-electron chi connectivity index (χ3n) is 4.09. The molecule has 2 N–H and O–H groups in total. The smallest absolute Gasteiger partial charge is 0.122 e. The first-order chi connectivity index (χ1) is 8.67. The predicted molar refractivity (Wildman–Crippen MR) is 74.4 cm³/mol. The first kappa shape index (κ1) is 13.6. The summed E-state index contributed by atoms with van der Waals surface area (Å²) in [5.41, 5.74) is 6.00. The number of furan rings is 1. The van der Waals surface area contributed by atoms with E-state index in [0.717, 1.165) is 24.5 Å². The summed E-state index contributed by atoms with van der Waals surface area (Å²) < 4.78 is 5.90. The second-order valence-corrected chi connectivity index (χ2v) is 5.60. The summed E-state index contributed by atoms with van der Waals surface area (Å²) in [4.78, 5) is 2.54. The minimum absolute atomic E-state index is 0.250. The van der Waals surface area contributed by atoms with Crippen LogP contribution in [-0.4, -0.2) is 24.0 Å². The van der Waals surface area contributed by atoms with E-state index in [1.165, 1.54) is 12.8 Å². The molecule has 0 bridgehead atoms. The van der Waals surface area contributed by atoms with Gasteiger partial charge in [0.25, 0.3) is 0 Å². The summed E-state index contributed by atoms with van der Waals surface area (Å²) in [7, 11) is 0. The number of nitrogens with zero attached hydrogens (tertiary/aromatic N) is 1. The topological polar surface area (TPSA) is 42.4 Å². The molecule has 18 heavy (non-hydrogen) atoms. The highest BCUT2D eigenvalue weighted by atomic mass is 16.3. The second-order valence-electron chi connectivity index (χ2n) is 5.60. The molecule has 2 heterocycles. The third kappa shape index (κ3) is 2.62. The zero-order valence-electron chi connectivity index (χ0n) is 11.9. The van der Waals surface area contributed by atoms with Crippen molar-refractivity contribution in [3.63, 3.8) is 0 Å². The van der Waals surface area contributed by atoms with Crippen molar-refractivity contribution in [3.05, 3.63) is 23.7 Å². The Morgan fingerprint density at radius 2 is 2.22 bits per heavy atom. The van der Waals surface area contributed by atoms with Crippen molar-refractivity contribution >= 4 is 0 Å². The van der Waals surface area contributed by atoms with Gasteiger partial charge in [-0.3, -0.25) is 4.90 Å². The van der Waals surface area contributed by atoms with Gasteiger partial charge in [-0.15, -0.1) is 0 Å². The Bertz CT molecular complexity index is 372. The van der Waals surface area contributed by atoms with Gasteiger partial charge in [-0.05, 0) is 37.4 Å². The molecule has 1 saturated heterocycles. The van der Waals surface area contributed by atoms with Gasteiger partial charge in [0.15, 0.2) is 0 Å². The highest BCUT2D eigenvalue weighted by Crippen LogP contribution is 2.33. The highest BCUT2D eigenvalue weighted by molar-refractivity contribution is 5.12. The van der Waals surface area contributed by atoms with Crippen LogP contribution in [0, 0.1) is 5.92 Å². The average Bonchev–Trinajstić information content (AvgIpc) is 2.98. The van der Waals surface area contributed by atoms with Crippen LogP contribution in [-0.2, 0) is 6.42 Å². The lowest BCUT2D eigenvalue weighted by molar-refractivity contribution is 0.132. The van der Waals surface area contributed by atoms with Gasteiger partial charge in [-0.25, -0.2) is 0 Å². The fourth-order valence-electron chi connectivity index (χ4n) is 3.10. The Balaban J connectivity index is 2.17. The maximum absolute atomic E-state index is 6.00. The molecule has 2 rings (SSSR count). The lowest BCUT2D eigenvalue weighted by Gasteiger charge is -2.33. The molecule has 0 aliphatic carbocycles.